The highest BCUT2D eigenvalue weighted by atomic mass is 16.5. The Morgan fingerprint density at radius 2 is 1.68 bits per heavy atom. The number of hydrogen-bond acceptors (Lipinski definition) is 4. The summed E-state index contributed by atoms with van der Waals surface area (Å²) in [5, 5.41) is 5.16. The number of rotatable bonds is 9. The first-order chi connectivity index (χ1) is 13.7. The van der Waals surface area contributed by atoms with E-state index in [9.17, 15) is 4.79 Å². The van der Waals surface area contributed by atoms with Crippen molar-refractivity contribution in [2.75, 3.05) is 20.3 Å². The topological polar surface area (TPSA) is 56.8 Å². The number of methoxy groups -OCH3 is 1. The van der Waals surface area contributed by atoms with Crippen molar-refractivity contribution >= 4 is 16.7 Å². The average molecular weight is 379 g/mol. The number of fused-ring (bicyclic) bond motifs is 1. The highest BCUT2D eigenvalue weighted by Crippen LogP contribution is 2.27. The standard InChI is InChI=1S/C23H25NO4/c1-3-20(28-22-11-7-6-10-21(22)26-2)23(25)24-14-15-27-19-13-12-17-8-4-5-9-18(17)16-19/h4-13,16,20H,3,14-15H2,1-2H3,(H,24,25)/t20-/m0/s1. The minimum Gasteiger partial charge on any atom is -0.493 e. The predicted octanol–water partition coefficient (Wildman–Crippen LogP) is 4.20. The number of amides is 1. The summed E-state index contributed by atoms with van der Waals surface area (Å²) in [5.41, 5.74) is 0. The lowest BCUT2D eigenvalue weighted by Crippen LogP contribution is -2.39. The van der Waals surface area contributed by atoms with Crippen molar-refractivity contribution in [1.82, 2.24) is 5.32 Å². The van der Waals surface area contributed by atoms with E-state index >= 15 is 0 Å². The molecule has 0 aromatic heterocycles. The van der Waals surface area contributed by atoms with Gasteiger partial charge in [0.1, 0.15) is 12.4 Å². The van der Waals surface area contributed by atoms with Crippen molar-refractivity contribution < 1.29 is 19.0 Å². The molecule has 0 aliphatic carbocycles. The minimum atomic E-state index is -0.586. The molecule has 28 heavy (non-hydrogen) atoms. The molecule has 1 atom stereocenters. The van der Waals surface area contributed by atoms with Crippen LogP contribution in [0, 0.1) is 0 Å². The molecule has 3 aromatic carbocycles. The number of hydrogen-bond donors (Lipinski definition) is 1. The molecule has 0 radical (unpaired) electrons. The van der Waals surface area contributed by atoms with E-state index in [-0.39, 0.29) is 5.91 Å². The molecule has 0 aliphatic heterocycles. The first-order valence-corrected chi connectivity index (χ1v) is 9.40. The van der Waals surface area contributed by atoms with Crippen LogP contribution in [0.5, 0.6) is 17.2 Å². The van der Waals surface area contributed by atoms with Crippen LogP contribution in [0.25, 0.3) is 10.8 Å². The zero-order valence-corrected chi connectivity index (χ0v) is 16.2. The number of nitrogens with one attached hydrogen (secondary N) is 1. The highest BCUT2D eigenvalue weighted by molar-refractivity contribution is 5.83. The van der Waals surface area contributed by atoms with Gasteiger partial charge < -0.3 is 19.5 Å². The van der Waals surface area contributed by atoms with Crippen molar-refractivity contribution in [3.05, 3.63) is 66.7 Å². The third kappa shape index (κ3) is 4.94. The predicted molar refractivity (Wildman–Crippen MR) is 110 cm³/mol. The molecular formula is C23H25NO4. The molecule has 146 valence electrons. The highest BCUT2D eigenvalue weighted by Gasteiger charge is 2.19. The fourth-order valence-corrected chi connectivity index (χ4v) is 2.91. The van der Waals surface area contributed by atoms with Gasteiger partial charge in [-0.15, -0.1) is 0 Å². The van der Waals surface area contributed by atoms with Crippen LogP contribution >= 0.6 is 0 Å². The molecule has 0 saturated carbocycles. The Kier molecular flexibility index (Phi) is 6.73. The molecule has 0 saturated heterocycles. The van der Waals surface area contributed by atoms with Gasteiger partial charge in [-0.3, -0.25) is 4.79 Å². The zero-order valence-electron chi connectivity index (χ0n) is 16.2. The summed E-state index contributed by atoms with van der Waals surface area (Å²) in [6, 6.07) is 21.4. The monoisotopic (exact) mass is 379 g/mol. The maximum Gasteiger partial charge on any atom is 0.261 e. The van der Waals surface area contributed by atoms with Crippen molar-refractivity contribution in [3.8, 4) is 17.2 Å². The fourth-order valence-electron chi connectivity index (χ4n) is 2.91. The van der Waals surface area contributed by atoms with Gasteiger partial charge in [-0.25, -0.2) is 0 Å². The summed E-state index contributed by atoms with van der Waals surface area (Å²) in [6.07, 6.45) is -0.0351. The van der Waals surface area contributed by atoms with E-state index in [0.717, 1.165) is 11.1 Å². The van der Waals surface area contributed by atoms with Gasteiger partial charge in [0.05, 0.1) is 13.7 Å². The summed E-state index contributed by atoms with van der Waals surface area (Å²) >= 11 is 0. The summed E-state index contributed by atoms with van der Waals surface area (Å²) < 4.78 is 16.9. The van der Waals surface area contributed by atoms with Gasteiger partial charge in [-0.2, -0.15) is 0 Å². The number of carbonyl (C=O) groups excluding carboxylic acids is 1. The van der Waals surface area contributed by atoms with E-state index in [2.05, 4.69) is 11.4 Å². The van der Waals surface area contributed by atoms with Crippen LogP contribution in [0.4, 0.5) is 0 Å². The molecule has 0 bridgehead atoms. The van der Waals surface area contributed by atoms with Gasteiger partial charge in [-0.05, 0) is 41.5 Å². The van der Waals surface area contributed by atoms with E-state index < -0.39 is 6.10 Å². The zero-order chi connectivity index (χ0) is 19.8. The molecule has 0 unspecified atom stereocenters. The maximum atomic E-state index is 12.4. The Morgan fingerprint density at radius 3 is 2.43 bits per heavy atom. The summed E-state index contributed by atoms with van der Waals surface area (Å²) in [5.74, 6) is 1.77. The smallest absolute Gasteiger partial charge is 0.261 e. The van der Waals surface area contributed by atoms with E-state index in [1.54, 1.807) is 19.2 Å². The average Bonchev–Trinajstić information content (AvgIpc) is 2.75. The van der Waals surface area contributed by atoms with Gasteiger partial charge in [-0.1, -0.05) is 49.4 Å². The second-order valence-corrected chi connectivity index (χ2v) is 6.31. The summed E-state index contributed by atoms with van der Waals surface area (Å²) in [7, 11) is 1.58. The molecule has 5 nitrogen and oxygen atoms in total. The molecule has 3 aromatic rings. The Hall–Kier alpha value is -3.21. The van der Waals surface area contributed by atoms with Gasteiger partial charge in [0.2, 0.25) is 0 Å². The fraction of sp³-hybridized carbons (Fsp3) is 0.261. The summed E-state index contributed by atoms with van der Waals surface area (Å²) in [6.45, 7) is 2.69. The molecule has 0 spiro atoms. The van der Waals surface area contributed by atoms with Crippen LogP contribution in [0.15, 0.2) is 66.7 Å². The Morgan fingerprint density at radius 1 is 0.964 bits per heavy atom. The third-order valence-corrected chi connectivity index (χ3v) is 4.39. The Labute approximate surface area is 165 Å². The normalized spacial score (nSPS) is 11.6. The van der Waals surface area contributed by atoms with Gasteiger partial charge in [0, 0.05) is 0 Å². The van der Waals surface area contributed by atoms with Crippen molar-refractivity contribution in [2.45, 2.75) is 19.4 Å². The molecule has 0 aliphatic rings. The van der Waals surface area contributed by atoms with Crippen LogP contribution in [0.2, 0.25) is 0 Å². The molecule has 5 heteroatoms. The molecular weight excluding hydrogens is 354 g/mol. The molecule has 3 rings (SSSR count). The molecule has 0 fully saturated rings. The lowest BCUT2D eigenvalue weighted by atomic mass is 10.1. The maximum absolute atomic E-state index is 12.4. The number of benzene rings is 3. The van der Waals surface area contributed by atoms with Crippen LogP contribution in [0.3, 0.4) is 0 Å². The minimum absolute atomic E-state index is 0.171. The SMILES string of the molecule is CC[C@H](Oc1ccccc1OC)C(=O)NCCOc1ccc2ccccc2c1. The molecule has 1 amide bonds. The largest absolute Gasteiger partial charge is 0.493 e. The lowest BCUT2D eigenvalue weighted by Gasteiger charge is -2.19. The second-order valence-electron chi connectivity index (χ2n) is 6.31. The Balaban J connectivity index is 1.49. The second kappa shape index (κ2) is 9.65. The van der Waals surface area contributed by atoms with E-state index in [1.807, 2.05) is 55.5 Å². The quantitative estimate of drug-likeness (QED) is 0.566. The van der Waals surface area contributed by atoms with Gasteiger partial charge in [0.25, 0.3) is 5.91 Å². The van der Waals surface area contributed by atoms with Crippen molar-refractivity contribution in [3.63, 3.8) is 0 Å². The van der Waals surface area contributed by atoms with E-state index in [4.69, 9.17) is 14.2 Å². The first-order valence-electron chi connectivity index (χ1n) is 9.40. The van der Waals surface area contributed by atoms with Crippen molar-refractivity contribution in [1.29, 1.82) is 0 Å². The van der Waals surface area contributed by atoms with E-state index in [1.165, 1.54) is 5.39 Å². The first kappa shape index (κ1) is 19.5. The molecule has 0 heterocycles. The Bertz CT molecular complexity index is 925. The van der Waals surface area contributed by atoms with Gasteiger partial charge >= 0.3 is 0 Å². The van der Waals surface area contributed by atoms with Crippen LogP contribution < -0.4 is 19.5 Å². The van der Waals surface area contributed by atoms with Gasteiger partial charge in [0.15, 0.2) is 17.6 Å². The lowest BCUT2D eigenvalue weighted by molar-refractivity contribution is -0.128. The number of para-hydroxylation sites is 2. The van der Waals surface area contributed by atoms with Crippen molar-refractivity contribution in [2.24, 2.45) is 0 Å². The van der Waals surface area contributed by atoms with Crippen LogP contribution in [0.1, 0.15) is 13.3 Å². The number of ether oxygens (including phenoxy) is 3. The van der Waals surface area contributed by atoms with Crippen LogP contribution in [-0.4, -0.2) is 32.3 Å². The third-order valence-electron chi connectivity index (χ3n) is 4.39. The summed E-state index contributed by atoms with van der Waals surface area (Å²) in [4.78, 5) is 12.4. The molecule has 1 N–H and O–H groups in total. The van der Waals surface area contributed by atoms with E-state index in [0.29, 0.717) is 31.1 Å². The van der Waals surface area contributed by atoms with Crippen LogP contribution in [-0.2, 0) is 4.79 Å². The number of carbonyl (C=O) groups is 1.